The number of benzene rings is 2. The number of rotatable bonds is 4. The summed E-state index contributed by atoms with van der Waals surface area (Å²) in [6.45, 7) is 3.81. The highest BCUT2D eigenvalue weighted by molar-refractivity contribution is 6.30. The summed E-state index contributed by atoms with van der Waals surface area (Å²) in [5.74, 6) is 1.04. The van der Waals surface area contributed by atoms with Crippen LogP contribution >= 0.6 is 11.6 Å². The first kappa shape index (κ1) is 13.5. The molecular formula is C17H18ClNO. The van der Waals surface area contributed by atoms with Crippen LogP contribution in [0.15, 0.2) is 42.5 Å². The average Bonchev–Trinajstić information content (AvgIpc) is 2.92. The molecule has 104 valence electrons. The minimum absolute atomic E-state index is 0.276. The van der Waals surface area contributed by atoms with E-state index in [4.69, 9.17) is 16.3 Å². The second-order valence-corrected chi connectivity index (χ2v) is 5.63. The third kappa shape index (κ3) is 2.97. The molecule has 2 nitrogen and oxygen atoms in total. The van der Waals surface area contributed by atoms with Gasteiger partial charge >= 0.3 is 0 Å². The van der Waals surface area contributed by atoms with Gasteiger partial charge in [-0.2, -0.15) is 0 Å². The normalized spacial score (nSPS) is 14.7. The van der Waals surface area contributed by atoms with E-state index in [1.165, 1.54) is 16.7 Å². The summed E-state index contributed by atoms with van der Waals surface area (Å²) in [7, 11) is 0. The molecule has 2 aromatic carbocycles. The van der Waals surface area contributed by atoms with Crippen molar-refractivity contribution in [3.8, 4) is 5.75 Å². The maximum atomic E-state index is 6.03. The van der Waals surface area contributed by atoms with E-state index in [0.29, 0.717) is 0 Å². The van der Waals surface area contributed by atoms with Crippen LogP contribution in [0.3, 0.4) is 0 Å². The summed E-state index contributed by atoms with van der Waals surface area (Å²) < 4.78 is 5.53. The molecule has 2 aromatic rings. The van der Waals surface area contributed by atoms with E-state index in [2.05, 4.69) is 36.5 Å². The van der Waals surface area contributed by atoms with Crippen molar-refractivity contribution in [2.75, 3.05) is 6.61 Å². The smallest absolute Gasteiger partial charge is 0.122 e. The zero-order valence-corrected chi connectivity index (χ0v) is 12.3. The van der Waals surface area contributed by atoms with Crippen molar-refractivity contribution in [1.82, 2.24) is 5.32 Å². The number of halogens is 1. The molecule has 1 aliphatic heterocycles. The molecule has 0 aromatic heterocycles. The van der Waals surface area contributed by atoms with Gasteiger partial charge < -0.3 is 10.1 Å². The van der Waals surface area contributed by atoms with Crippen molar-refractivity contribution in [3.63, 3.8) is 0 Å². The Balaban J connectivity index is 1.64. The van der Waals surface area contributed by atoms with Gasteiger partial charge in [-0.1, -0.05) is 35.9 Å². The Morgan fingerprint density at radius 1 is 1.25 bits per heavy atom. The molecule has 0 aliphatic carbocycles. The lowest BCUT2D eigenvalue weighted by atomic mass is 10.1. The quantitative estimate of drug-likeness (QED) is 0.913. The zero-order valence-electron chi connectivity index (χ0n) is 11.5. The van der Waals surface area contributed by atoms with Gasteiger partial charge in [0.25, 0.3) is 0 Å². The lowest BCUT2D eigenvalue weighted by Gasteiger charge is -2.15. The van der Waals surface area contributed by atoms with Crippen LogP contribution in [-0.4, -0.2) is 6.61 Å². The van der Waals surface area contributed by atoms with Gasteiger partial charge in [-0.15, -0.1) is 0 Å². The molecule has 0 bridgehead atoms. The van der Waals surface area contributed by atoms with Crippen molar-refractivity contribution < 1.29 is 4.74 Å². The number of ether oxygens (including phenoxy) is 1. The zero-order chi connectivity index (χ0) is 13.9. The van der Waals surface area contributed by atoms with E-state index in [1.807, 2.05) is 18.2 Å². The summed E-state index contributed by atoms with van der Waals surface area (Å²) in [5, 5.41) is 4.32. The van der Waals surface area contributed by atoms with Crippen LogP contribution in [0.1, 0.15) is 29.7 Å². The van der Waals surface area contributed by atoms with Gasteiger partial charge in [0.15, 0.2) is 0 Å². The molecule has 0 radical (unpaired) electrons. The topological polar surface area (TPSA) is 21.3 Å². The molecule has 0 fully saturated rings. The number of nitrogens with one attached hydrogen (secondary N) is 1. The van der Waals surface area contributed by atoms with E-state index in [9.17, 15) is 0 Å². The lowest BCUT2D eigenvalue weighted by Crippen LogP contribution is -2.18. The molecule has 3 rings (SSSR count). The number of fused-ring (bicyclic) bond motifs is 1. The maximum Gasteiger partial charge on any atom is 0.122 e. The van der Waals surface area contributed by atoms with Gasteiger partial charge in [0.05, 0.1) is 6.61 Å². The lowest BCUT2D eigenvalue weighted by molar-refractivity contribution is 0.357. The Hall–Kier alpha value is -1.51. The van der Waals surface area contributed by atoms with Crippen LogP contribution < -0.4 is 10.1 Å². The van der Waals surface area contributed by atoms with Gasteiger partial charge in [0.1, 0.15) is 5.75 Å². The Labute approximate surface area is 124 Å². The fourth-order valence-electron chi connectivity index (χ4n) is 2.51. The standard InChI is InChI=1S/C17H18ClNO/c1-12(14-3-2-4-16(18)10-14)19-11-13-5-6-17-15(9-13)7-8-20-17/h2-6,9-10,12,19H,7-8,11H2,1H3/t12-/m1/s1. The molecule has 1 heterocycles. The van der Waals surface area contributed by atoms with Crippen molar-refractivity contribution in [1.29, 1.82) is 0 Å². The fraction of sp³-hybridized carbons (Fsp3) is 0.294. The van der Waals surface area contributed by atoms with Crippen molar-refractivity contribution in [2.24, 2.45) is 0 Å². The van der Waals surface area contributed by atoms with E-state index < -0.39 is 0 Å². The summed E-state index contributed by atoms with van der Waals surface area (Å²) in [5.41, 5.74) is 3.82. The van der Waals surface area contributed by atoms with E-state index >= 15 is 0 Å². The second-order valence-electron chi connectivity index (χ2n) is 5.20. The molecule has 0 saturated heterocycles. The van der Waals surface area contributed by atoms with Gasteiger partial charge in [-0.05, 0) is 41.8 Å². The summed E-state index contributed by atoms with van der Waals surface area (Å²) in [6.07, 6.45) is 1.02. The first-order chi connectivity index (χ1) is 9.72. The van der Waals surface area contributed by atoms with Crippen LogP contribution in [-0.2, 0) is 13.0 Å². The highest BCUT2D eigenvalue weighted by atomic mass is 35.5. The molecular weight excluding hydrogens is 270 g/mol. The monoisotopic (exact) mass is 287 g/mol. The first-order valence-electron chi connectivity index (χ1n) is 6.96. The summed E-state index contributed by atoms with van der Waals surface area (Å²) in [6, 6.07) is 14.7. The first-order valence-corrected chi connectivity index (χ1v) is 7.33. The van der Waals surface area contributed by atoms with Crippen LogP contribution in [0, 0.1) is 0 Å². The Kier molecular flexibility index (Phi) is 3.95. The predicted octanol–water partition coefficient (Wildman–Crippen LogP) is 4.13. The number of hydrogen-bond donors (Lipinski definition) is 1. The highest BCUT2D eigenvalue weighted by Gasteiger charge is 2.12. The van der Waals surface area contributed by atoms with Crippen molar-refractivity contribution >= 4 is 11.6 Å². The van der Waals surface area contributed by atoms with Gasteiger partial charge in [-0.3, -0.25) is 0 Å². The van der Waals surface area contributed by atoms with Gasteiger partial charge in [0, 0.05) is 24.0 Å². The van der Waals surface area contributed by atoms with Gasteiger partial charge in [0.2, 0.25) is 0 Å². The van der Waals surface area contributed by atoms with E-state index in [0.717, 1.165) is 30.3 Å². The summed E-state index contributed by atoms with van der Waals surface area (Å²) in [4.78, 5) is 0. The van der Waals surface area contributed by atoms with Crippen LogP contribution in [0.5, 0.6) is 5.75 Å². The molecule has 0 spiro atoms. The van der Waals surface area contributed by atoms with Crippen molar-refractivity contribution in [3.05, 3.63) is 64.2 Å². The largest absolute Gasteiger partial charge is 0.493 e. The molecule has 20 heavy (non-hydrogen) atoms. The van der Waals surface area contributed by atoms with Crippen molar-refractivity contribution in [2.45, 2.75) is 25.9 Å². The molecule has 0 saturated carbocycles. The molecule has 0 amide bonds. The fourth-order valence-corrected chi connectivity index (χ4v) is 2.71. The molecule has 0 unspecified atom stereocenters. The second kappa shape index (κ2) is 5.86. The Morgan fingerprint density at radius 3 is 3.00 bits per heavy atom. The van der Waals surface area contributed by atoms with Crippen LogP contribution in [0.25, 0.3) is 0 Å². The average molecular weight is 288 g/mol. The van der Waals surface area contributed by atoms with Crippen LogP contribution in [0.2, 0.25) is 5.02 Å². The highest BCUT2D eigenvalue weighted by Crippen LogP contribution is 2.26. The third-order valence-electron chi connectivity index (χ3n) is 3.71. The SMILES string of the molecule is C[C@@H](NCc1ccc2c(c1)CCO2)c1cccc(Cl)c1. The molecule has 1 N–H and O–H groups in total. The Morgan fingerprint density at radius 2 is 2.15 bits per heavy atom. The van der Waals surface area contributed by atoms with E-state index in [1.54, 1.807) is 0 Å². The number of hydrogen-bond acceptors (Lipinski definition) is 2. The molecule has 3 heteroatoms. The van der Waals surface area contributed by atoms with E-state index in [-0.39, 0.29) is 6.04 Å². The summed E-state index contributed by atoms with van der Waals surface area (Å²) >= 11 is 6.03. The molecule has 1 atom stereocenters. The molecule has 1 aliphatic rings. The minimum Gasteiger partial charge on any atom is -0.493 e. The minimum atomic E-state index is 0.276. The predicted molar refractivity (Wildman–Crippen MR) is 82.3 cm³/mol. The van der Waals surface area contributed by atoms with Gasteiger partial charge in [-0.25, -0.2) is 0 Å². The third-order valence-corrected chi connectivity index (χ3v) is 3.95. The van der Waals surface area contributed by atoms with Crippen LogP contribution in [0.4, 0.5) is 0 Å². The Bertz CT molecular complexity index is 612. The maximum absolute atomic E-state index is 6.03.